The van der Waals surface area contributed by atoms with E-state index in [1.807, 2.05) is 0 Å². The Morgan fingerprint density at radius 1 is 1.46 bits per heavy atom. The summed E-state index contributed by atoms with van der Waals surface area (Å²) in [6.07, 6.45) is -0.524. The summed E-state index contributed by atoms with van der Waals surface area (Å²) < 4.78 is 0. The van der Waals surface area contributed by atoms with Gasteiger partial charge in [-0.25, -0.2) is 0 Å². The number of nitrogens with zero attached hydrogens (tertiary/aromatic N) is 3. The summed E-state index contributed by atoms with van der Waals surface area (Å²) in [6.45, 7) is 2.13. The fourth-order valence-electron chi connectivity index (χ4n) is 0.716. The smallest absolute Gasteiger partial charge is 0.411 e. The van der Waals surface area contributed by atoms with Crippen LogP contribution in [0.5, 0.6) is 0 Å². The van der Waals surface area contributed by atoms with Crippen LogP contribution >= 0.6 is 0 Å². The molecule has 0 radical (unpaired) electrons. The number of oxime groups is 1. The molecule has 0 aliphatic heterocycles. The topological polar surface area (TPSA) is 119 Å². The summed E-state index contributed by atoms with van der Waals surface area (Å²) >= 11 is 0. The molecule has 8 heteroatoms. The van der Waals surface area contributed by atoms with E-state index >= 15 is 0 Å². The minimum absolute atomic E-state index is 0.0594. The maximum atomic E-state index is 10.3. The van der Waals surface area contributed by atoms with Crippen molar-refractivity contribution in [1.29, 1.82) is 0 Å². The summed E-state index contributed by atoms with van der Waals surface area (Å²) in [7, 11) is 0. The molecule has 13 heavy (non-hydrogen) atoms. The van der Waals surface area contributed by atoms with Crippen LogP contribution in [-0.4, -0.2) is 26.4 Å². The Labute approximate surface area is 73.1 Å². The summed E-state index contributed by atoms with van der Waals surface area (Å²) in [5.41, 5.74) is -2.38. The van der Waals surface area contributed by atoms with Crippen LogP contribution in [-0.2, 0) is 0 Å². The van der Waals surface area contributed by atoms with E-state index in [2.05, 4.69) is 5.16 Å². The molecule has 0 aromatic heterocycles. The van der Waals surface area contributed by atoms with Crippen LogP contribution in [0.3, 0.4) is 0 Å². The highest BCUT2D eigenvalue weighted by molar-refractivity contribution is 5.81. The first-order valence-electron chi connectivity index (χ1n) is 3.31. The Morgan fingerprint density at radius 3 is 2.08 bits per heavy atom. The lowest BCUT2D eigenvalue weighted by Crippen LogP contribution is -2.44. The van der Waals surface area contributed by atoms with Crippen molar-refractivity contribution < 1.29 is 15.1 Å². The predicted molar refractivity (Wildman–Crippen MR) is 41.9 cm³/mol. The Bertz CT molecular complexity index is 247. The first kappa shape index (κ1) is 11.3. The van der Waals surface area contributed by atoms with Crippen LogP contribution in [0.4, 0.5) is 0 Å². The molecule has 0 saturated heterocycles. The van der Waals surface area contributed by atoms with Gasteiger partial charge in [-0.15, -0.1) is 0 Å². The minimum atomic E-state index is -2.32. The summed E-state index contributed by atoms with van der Waals surface area (Å²) in [5, 5.41) is 31.5. The van der Waals surface area contributed by atoms with E-state index in [1.54, 1.807) is 0 Å². The van der Waals surface area contributed by atoms with Gasteiger partial charge in [0.15, 0.2) is 0 Å². The average Bonchev–Trinajstić information content (AvgIpc) is 2.03. The van der Waals surface area contributed by atoms with Gasteiger partial charge in [-0.2, -0.15) is 0 Å². The summed E-state index contributed by atoms with van der Waals surface area (Å²) in [6, 6.07) is 0. The van der Waals surface area contributed by atoms with Gasteiger partial charge in [0.1, 0.15) is 6.42 Å². The molecule has 0 unspecified atom stereocenters. The van der Waals surface area contributed by atoms with Gasteiger partial charge in [0.05, 0.1) is 22.5 Å². The van der Waals surface area contributed by atoms with E-state index in [0.29, 0.717) is 0 Å². The van der Waals surface area contributed by atoms with Crippen molar-refractivity contribution in [1.82, 2.24) is 0 Å². The molecule has 0 heterocycles. The van der Waals surface area contributed by atoms with Gasteiger partial charge in [-0.3, -0.25) is 20.2 Å². The SMILES string of the molecule is CC(CC(C)([N+](=O)[O-])[N+](=O)[O-])=NO. The van der Waals surface area contributed by atoms with Gasteiger partial charge in [-0.1, -0.05) is 5.16 Å². The van der Waals surface area contributed by atoms with E-state index in [0.717, 1.165) is 6.92 Å². The first-order chi connectivity index (χ1) is 5.84. The average molecular weight is 191 g/mol. The second kappa shape index (κ2) is 3.78. The maximum absolute atomic E-state index is 10.3. The van der Waals surface area contributed by atoms with E-state index in [9.17, 15) is 20.2 Å². The molecule has 0 saturated carbocycles. The van der Waals surface area contributed by atoms with Crippen LogP contribution < -0.4 is 0 Å². The lowest BCUT2D eigenvalue weighted by Gasteiger charge is -2.10. The zero-order chi connectivity index (χ0) is 10.6. The van der Waals surface area contributed by atoms with Gasteiger partial charge in [-0.05, 0) is 6.92 Å². The lowest BCUT2D eigenvalue weighted by atomic mass is 10.1. The number of nitro groups is 2. The highest BCUT2D eigenvalue weighted by Crippen LogP contribution is 2.15. The summed E-state index contributed by atoms with van der Waals surface area (Å²) in [5.74, 6) is 0. The second-order valence-electron chi connectivity index (χ2n) is 2.74. The Kier molecular flexibility index (Phi) is 3.28. The molecule has 74 valence electrons. The van der Waals surface area contributed by atoms with Gasteiger partial charge < -0.3 is 5.21 Å². The molecule has 0 atom stereocenters. The van der Waals surface area contributed by atoms with Crippen molar-refractivity contribution in [3.8, 4) is 0 Å². The quantitative estimate of drug-likeness (QED) is 0.228. The van der Waals surface area contributed by atoms with E-state index in [4.69, 9.17) is 5.21 Å². The normalized spacial score (nSPS) is 12.6. The number of hydrogen-bond donors (Lipinski definition) is 1. The molecule has 0 fully saturated rings. The standard InChI is InChI=1S/C5H9N3O5/c1-4(6-9)3-5(2,7(10)11)8(12)13/h9H,3H2,1-2H3. The van der Waals surface area contributed by atoms with Crippen molar-refractivity contribution in [2.24, 2.45) is 5.16 Å². The molecule has 0 rings (SSSR count). The molecule has 0 amide bonds. The second-order valence-corrected chi connectivity index (χ2v) is 2.74. The first-order valence-corrected chi connectivity index (χ1v) is 3.31. The Hall–Kier alpha value is -1.73. The largest absolute Gasteiger partial charge is 0.461 e. The number of rotatable bonds is 4. The van der Waals surface area contributed by atoms with E-state index in [-0.39, 0.29) is 5.71 Å². The Morgan fingerprint density at radius 2 is 1.85 bits per heavy atom. The molecule has 0 aromatic rings. The van der Waals surface area contributed by atoms with Gasteiger partial charge in [0.2, 0.25) is 0 Å². The summed E-state index contributed by atoms with van der Waals surface area (Å²) in [4.78, 5) is 18.7. The third kappa shape index (κ3) is 2.36. The fraction of sp³-hybridized carbons (Fsp3) is 0.800. The molecule has 0 aliphatic carbocycles. The van der Waals surface area contributed by atoms with Gasteiger partial charge in [0, 0.05) is 0 Å². The van der Waals surface area contributed by atoms with Crippen LogP contribution in [0.15, 0.2) is 5.16 Å². The van der Waals surface area contributed by atoms with Crippen molar-refractivity contribution in [2.75, 3.05) is 0 Å². The molecule has 0 aliphatic rings. The van der Waals surface area contributed by atoms with Crippen molar-refractivity contribution in [2.45, 2.75) is 25.9 Å². The van der Waals surface area contributed by atoms with Crippen molar-refractivity contribution in [3.05, 3.63) is 20.2 Å². The molecular weight excluding hydrogens is 182 g/mol. The molecule has 8 nitrogen and oxygen atoms in total. The molecular formula is C5H9N3O5. The monoisotopic (exact) mass is 191 g/mol. The molecule has 0 spiro atoms. The highest BCUT2D eigenvalue weighted by Gasteiger charge is 2.50. The lowest BCUT2D eigenvalue weighted by molar-refractivity contribution is -0.790. The third-order valence-electron chi connectivity index (χ3n) is 1.55. The van der Waals surface area contributed by atoms with Crippen LogP contribution in [0.1, 0.15) is 20.3 Å². The van der Waals surface area contributed by atoms with Crippen molar-refractivity contribution >= 4 is 5.71 Å². The van der Waals surface area contributed by atoms with Crippen molar-refractivity contribution in [3.63, 3.8) is 0 Å². The van der Waals surface area contributed by atoms with E-state index < -0.39 is 21.9 Å². The highest BCUT2D eigenvalue weighted by atomic mass is 16.7. The molecule has 0 bridgehead atoms. The maximum Gasteiger partial charge on any atom is 0.461 e. The molecule has 1 N–H and O–H groups in total. The van der Waals surface area contributed by atoms with Crippen LogP contribution in [0, 0.1) is 20.2 Å². The zero-order valence-corrected chi connectivity index (χ0v) is 7.13. The minimum Gasteiger partial charge on any atom is -0.411 e. The fourth-order valence-corrected chi connectivity index (χ4v) is 0.716. The number of hydrogen-bond acceptors (Lipinski definition) is 6. The zero-order valence-electron chi connectivity index (χ0n) is 7.13. The van der Waals surface area contributed by atoms with E-state index in [1.165, 1.54) is 6.92 Å². The predicted octanol–water partition coefficient (Wildman–Crippen LogP) is 0.496. The van der Waals surface area contributed by atoms with Gasteiger partial charge >= 0.3 is 5.66 Å². The van der Waals surface area contributed by atoms with Crippen LogP contribution in [0.2, 0.25) is 0 Å². The Balaban J connectivity index is 4.83. The molecule has 0 aromatic carbocycles. The van der Waals surface area contributed by atoms with Crippen LogP contribution in [0.25, 0.3) is 0 Å². The van der Waals surface area contributed by atoms with Gasteiger partial charge in [0.25, 0.3) is 0 Å². The third-order valence-corrected chi connectivity index (χ3v) is 1.55.